The maximum absolute atomic E-state index is 11.5. The Bertz CT molecular complexity index is 223. The molecule has 2 atom stereocenters. The van der Waals surface area contributed by atoms with Gasteiger partial charge in [0.05, 0.1) is 0 Å². The second-order valence-electron chi connectivity index (χ2n) is 3.32. The van der Waals surface area contributed by atoms with Gasteiger partial charge in [0.15, 0.2) is 0 Å². The van der Waals surface area contributed by atoms with Gasteiger partial charge in [-0.15, -0.1) is 0 Å². The molecular weight excluding hydrogens is 186 g/mol. The van der Waals surface area contributed by atoms with Gasteiger partial charge in [-0.1, -0.05) is 6.92 Å². The molecule has 0 radical (unpaired) electrons. The smallest absolute Gasteiger partial charge is 0.325 e. The molecule has 0 aromatic carbocycles. The first kappa shape index (κ1) is 12.9. The normalized spacial score (nSPS) is 16.9. The van der Waals surface area contributed by atoms with Crippen molar-refractivity contribution >= 4 is 11.9 Å². The highest BCUT2D eigenvalue weighted by molar-refractivity contribution is 5.88. The van der Waals surface area contributed by atoms with Crippen LogP contribution in [0.2, 0.25) is 0 Å². The van der Waals surface area contributed by atoms with Gasteiger partial charge in [0, 0.05) is 7.11 Å². The lowest BCUT2D eigenvalue weighted by molar-refractivity contribution is -0.148. The number of carboxylic acid groups (broad SMARTS) is 1. The van der Waals surface area contributed by atoms with Crippen LogP contribution >= 0.6 is 0 Å². The lowest BCUT2D eigenvalue weighted by atomic mass is 10.0. The molecule has 5 nitrogen and oxygen atoms in total. The van der Waals surface area contributed by atoms with Crippen LogP contribution in [0.15, 0.2) is 0 Å². The average molecular weight is 203 g/mol. The Hall–Kier alpha value is -1.10. The number of methoxy groups -OCH3 is 1. The molecule has 14 heavy (non-hydrogen) atoms. The topological polar surface area (TPSA) is 75.6 Å². The molecule has 0 saturated carbocycles. The van der Waals surface area contributed by atoms with Crippen molar-refractivity contribution in [2.75, 3.05) is 7.11 Å². The molecule has 5 heteroatoms. The number of carbonyl (C=O) groups excluding carboxylic acids is 1. The van der Waals surface area contributed by atoms with Crippen LogP contribution in [0.25, 0.3) is 0 Å². The van der Waals surface area contributed by atoms with E-state index in [-0.39, 0.29) is 0 Å². The number of aliphatic carboxylic acids is 1. The van der Waals surface area contributed by atoms with Gasteiger partial charge < -0.3 is 15.2 Å². The second-order valence-corrected chi connectivity index (χ2v) is 3.32. The van der Waals surface area contributed by atoms with E-state index in [2.05, 4.69) is 5.32 Å². The summed E-state index contributed by atoms with van der Waals surface area (Å²) >= 11 is 0. The Kier molecular flexibility index (Phi) is 4.56. The van der Waals surface area contributed by atoms with Crippen LogP contribution in [0, 0.1) is 0 Å². The third-order valence-corrected chi connectivity index (χ3v) is 2.32. The molecule has 0 aromatic heterocycles. The van der Waals surface area contributed by atoms with E-state index in [1.165, 1.54) is 14.0 Å². The van der Waals surface area contributed by atoms with E-state index in [9.17, 15) is 9.59 Å². The summed E-state index contributed by atoms with van der Waals surface area (Å²) in [6, 6.07) is -0.900. The summed E-state index contributed by atoms with van der Waals surface area (Å²) in [4.78, 5) is 22.0. The van der Waals surface area contributed by atoms with Gasteiger partial charge in [-0.05, 0) is 20.3 Å². The van der Waals surface area contributed by atoms with Crippen LogP contribution in [0.3, 0.4) is 0 Å². The van der Waals surface area contributed by atoms with Crippen molar-refractivity contribution in [2.24, 2.45) is 0 Å². The fourth-order valence-corrected chi connectivity index (χ4v) is 0.809. The van der Waals surface area contributed by atoms with Gasteiger partial charge in [-0.3, -0.25) is 9.59 Å². The van der Waals surface area contributed by atoms with E-state index in [0.29, 0.717) is 6.42 Å². The quantitative estimate of drug-likeness (QED) is 0.677. The number of hydrogen-bond donors (Lipinski definition) is 2. The molecule has 0 heterocycles. The fraction of sp³-hybridized carbons (Fsp3) is 0.778. The highest BCUT2D eigenvalue weighted by Gasteiger charge is 2.32. The molecule has 0 aromatic rings. The van der Waals surface area contributed by atoms with Crippen LogP contribution in [-0.2, 0) is 14.3 Å². The summed E-state index contributed by atoms with van der Waals surface area (Å²) in [5, 5.41) is 10.9. The number of nitrogens with one attached hydrogen (secondary N) is 1. The molecular formula is C9H17NO4. The third kappa shape index (κ3) is 2.99. The summed E-state index contributed by atoms with van der Waals surface area (Å²) in [7, 11) is 1.43. The summed E-state index contributed by atoms with van der Waals surface area (Å²) in [6.07, 6.45) is 0.488. The molecule has 82 valence electrons. The zero-order valence-corrected chi connectivity index (χ0v) is 8.96. The van der Waals surface area contributed by atoms with E-state index in [4.69, 9.17) is 9.84 Å². The fourth-order valence-electron chi connectivity index (χ4n) is 0.809. The minimum atomic E-state index is -1.06. The van der Waals surface area contributed by atoms with Gasteiger partial charge in [-0.2, -0.15) is 0 Å². The summed E-state index contributed by atoms with van der Waals surface area (Å²) in [5.41, 5.74) is -0.955. The molecule has 1 unspecified atom stereocenters. The summed E-state index contributed by atoms with van der Waals surface area (Å²) in [6.45, 7) is 4.83. The first-order valence-corrected chi connectivity index (χ1v) is 4.46. The molecule has 0 fully saturated rings. The van der Waals surface area contributed by atoms with Gasteiger partial charge >= 0.3 is 5.97 Å². The minimum absolute atomic E-state index is 0.405. The Morgan fingerprint density at radius 3 is 2.36 bits per heavy atom. The van der Waals surface area contributed by atoms with Gasteiger partial charge in [0.2, 0.25) is 0 Å². The highest BCUT2D eigenvalue weighted by Crippen LogP contribution is 2.13. The molecule has 0 bridgehead atoms. The van der Waals surface area contributed by atoms with Crippen molar-refractivity contribution in [1.29, 1.82) is 0 Å². The Labute approximate surface area is 83.4 Å². The van der Waals surface area contributed by atoms with Crippen molar-refractivity contribution in [3.63, 3.8) is 0 Å². The molecule has 2 N–H and O–H groups in total. The van der Waals surface area contributed by atoms with E-state index >= 15 is 0 Å². The maximum atomic E-state index is 11.5. The minimum Gasteiger partial charge on any atom is -0.480 e. The SMILES string of the molecule is CCC(C)(OC)C(=O)N[C@H](C)C(=O)O. The van der Waals surface area contributed by atoms with Gasteiger partial charge in [0.1, 0.15) is 11.6 Å². The third-order valence-electron chi connectivity index (χ3n) is 2.32. The van der Waals surface area contributed by atoms with Crippen LogP contribution in [0.5, 0.6) is 0 Å². The predicted molar refractivity (Wildman–Crippen MR) is 50.9 cm³/mol. The molecule has 0 rings (SSSR count). The van der Waals surface area contributed by atoms with Crippen LogP contribution in [-0.4, -0.2) is 35.7 Å². The van der Waals surface area contributed by atoms with E-state index in [0.717, 1.165) is 0 Å². The molecule has 1 amide bonds. The van der Waals surface area contributed by atoms with Crippen molar-refractivity contribution in [3.8, 4) is 0 Å². The van der Waals surface area contributed by atoms with Crippen molar-refractivity contribution < 1.29 is 19.4 Å². The van der Waals surface area contributed by atoms with E-state index < -0.39 is 23.5 Å². The van der Waals surface area contributed by atoms with E-state index in [1.54, 1.807) is 13.8 Å². The Morgan fingerprint density at radius 1 is 1.57 bits per heavy atom. The summed E-state index contributed by atoms with van der Waals surface area (Å²) in [5.74, 6) is -1.47. The number of hydrogen-bond acceptors (Lipinski definition) is 3. The van der Waals surface area contributed by atoms with Crippen LogP contribution < -0.4 is 5.32 Å². The molecule has 0 saturated heterocycles. The standard InChI is InChI=1S/C9H17NO4/c1-5-9(3,14-4)8(13)10-6(2)7(11)12/h6H,5H2,1-4H3,(H,10,13)(H,11,12)/t6-,9?/m1/s1. The number of amides is 1. The molecule has 0 spiro atoms. The molecule has 0 aliphatic rings. The molecule has 0 aliphatic heterocycles. The lowest BCUT2D eigenvalue weighted by Gasteiger charge is -2.26. The first-order valence-electron chi connectivity index (χ1n) is 4.46. The number of rotatable bonds is 5. The van der Waals surface area contributed by atoms with Crippen molar-refractivity contribution in [3.05, 3.63) is 0 Å². The Morgan fingerprint density at radius 2 is 2.07 bits per heavy atom. The van der Waals surface area contributed by atoms with Gasteiger partial charge in [-0.25, -0.2) is 0 Å². The second kappa shape index (κ2) is 4.95. The predicted octanol–water partition coefficient (Wildman–Crippen LogP) is 0.391. The van der Waals surface area contributed by atoms with Crippen molar-refractivity contribution in [1.82, 2.24) is 5.32 Å². The summed E-state index contributed by atoms with van der Waals surface area (Å²) < 4.78 is 5.02. The zero-order valence-electron chi connectivity index (χ0n) is 8.96. The lowest BCUT2D eigenvalue weighted by Crippen LogP contribution is -2.50. The van der Waals surface area contributed by atoms with Crippen LogP contribution in [0.4, 0.5) is 0 Å². The monoisotopic (exact) mass is 203 g/mol. The van der Waals surface area contributed by atoms with Crippen LogP contribution in [0.1, 0.15) is 27.2 Å². The first-order chi connectivity index (χ1) is 6.37. The molecule has 0 aliphatic carbocycles. The van der Waals surface area contributed by atoms with E-state index in [1.807, 2.05) is 0 Å². The highest BCUT2D eigenvalue weighted by atomic mass is 16.5. The largest absolute Gasteiger partial charge is 0.480 e. The average Bonchev–Trinajstić information content (AvgIpc) is 2.16. The zero-order chi connectivity index (χ0) is 11.4. The van der Waals surface area contributed by atoms with Gasteiger partial charge in [0.25, 0.3) is 5.91 Å². The Balaban J connectivity index is 4.40. The number of carbonyl (C=O) groups is 2. The number of ether oxygens (including phenoxy) is 1. The van der Waals surface area contributed by atoms with Crippen molar-refractivity contribution in [2.45, 2.75) is 38.8 Å². The number of carboxylic acids is 1. The maximum Gasteiger partial charge on any atom is 0.325 e.